The molecule has 0 radical (unpaired) electrons. The molecule has 1 aliphatic rings. The lowest BCUT2D eigenvalue weighted by atomic mass is 10.2. The summed E-state index contributed by atoms with van der Waals surface area (Å²) in [5.41, 5.74) is 6.16. The number of rotatable bonds is 7. The number of carbonyl (C=O) groups excluding carboxylic acids is 2. The molecule has 1 aromatic rings. The van der Waals surface area contributed by atoms with Crippen molar-refractivity contribution in [3.8, 4) is 0 Å². The molecule has 0 saturated carbocycles. The van der Waals surface area contributed by atoms with Gasteiger partial charge in [0.1, 0.15) is 6.04 Å². The van der Waals surface area contributed by atoms with E-state index in [2.05, 4.69) is 5.32 Å². The number of nitrogens with two attached hydrogens (primary N) is 1. The molecule has 1 atom stereocenters. The third kappa shape index (κ3) is 5.60. The number of primary amides is 1. The van der Waals surface area contributed by atoms with Gasteiger partial charge in [-0.25, -0.2) is 13.2 Å². The van der Waals surface area contributed by atoms with Crippen LogP contribution in [0.2, 0.25) is 0 Å². The Labute approximate surface area is 164 Å². The van der Waals surface area contributed by atoms with Gasteiger partial charge < -0.3 is 16.0 Å². The predicted octanol–water partition coefficient (Wildman–Crippen LogP) is 0.618. The van der Waals surface area contributed by atoms with Gasteiger partial charge in [0.15, 0.2) is 0 Å². The van der Waals surface area contributed by atoms with Crippen molar-refractivity contribution in [2.45, 2.75) is 24.3 Å². The number of benzene rings is 1. The van der Waals surface area contributed by atoms with Gasteiger partial charge in [0.25, 0.3) is 0 Å². The maximum absolute atomic E-state index is 12.7. The number of urea groups is 1. The van der Waals surface area contributed by atoms with Crippen molar-refractivity contribution < 1.29 is 18.0 Å². The first-order valence-corrected chi connectivity index (χ1v) is 11.5. The van der Waals surface area contributed by atoms with Crippen LogP contribution in [0.25, 0.3) is 0 Å². The fourth-order valence-corrected chi connectivity index (χ4v) is 4.79. The number of amides is 3. The van der Waals surface area contributed by atoms with Crippen molar-refractivity contribution in [2.24, 2.45) is 5.73 Å². The largest absolute Gasteiger partial charge is 0.352 e. The molecule has 0 aliphatic carbocycles. The first kappa shape index (κ1) is 21.5. The van der Waals surface area contributed by atoms with E-state index >= 15 is 0 Å². The molecule has 0 unspecified atom stereocenters. The molecular weight excluding hydrogens is 388 g/mol. The molecule has 1 aliphatic heterocycles. The van der Waals surface area contributed by atoms with Crippen molar-refractivity contribution in [2.75, 3.05) is 38.2 Å². The van der Waals surface area contributed by atoms with E-state index in [1.54, 1.807) is 40.9 Å². The minimum absolute atomic E-state index is 0.216. The van der Waals surface area contributed by atoms with Gasteiger partial charge in [-0.15, -0.1) is 0 Å². The molecule has 27 heavy (non-hydrogen) atoms. The summed E-state index contributed by atoms with van der Waals surface area (Å²) in [7, 11) is -3.58. The highest BCUT2D eigenvalue weighted by atomic mass is 32.2. The van der Waals surface area contributed by atoms with E-state index in [1.165, 1.54) is 4.31 Å². The zero-order chi connectivity index (χ0) is 20.0. The molecule has 3 amide bonds. The number of thioether (sulfide) groups is 1. The summed E-state index contributed by atoms with van der Waals surface area (Å²) >= 11 is 1.57. The van der Waals surface area contributed by atoms with Gasteiger partial charge in [-0.2, -0.15) is 16.1 Å². The molecule has 1 fully saturated rings. The molecule has 2 rings (SSSR count). The fraction of sp³-hybridized carbons (Fsp3) is 0.529. The van der Waals surface area contributed by atoms with Crippen LogP contribution in [0.4, 0.5) is 4.79 Å². The minimum atomic E-state index is -3.58. The van der Waals surface area contributed by atoms with Crippen LogP contribution in [0.1, 0.15) is 12.0 Å². The quantitative estimate of drug-likeness (QED) is 0.679. The van der Waals surface area contributed by atoms with Crippen LogP contribution in [0.5, 0.6) is 0 Å². The number of aryl methyl sites for hydroxylation is 1. The molecule has 0 aromatic heterocycles. The number of hydrogen-bond acceptors (Lipinski definition) is 5. The Balaban J connectivity index is 2.01. The van der Waals surface area contributed by atoms with E-state index in [0.717, 1.165) is 5.56 Å². The Morgan fingerprint density at radius 2 is 1.78 bits per heavy atom. The Bertz CT molecular complexity index is 760. The van der Waals surface area contributed by atoms with Crippen LogP contribution < -0.4 is 11.1 Å². The number of sulfonamides is 1. The number of carbonyl (C=O) groups is 2. The maximum atomic E-state index is 12.7. The van der Waals surface area contributed by atoms with Crippen LogP contribution >= 0.6 is 11.8 Å². The first-order chi connectivity index (χ1) is 12.8. The molecule has 10 heteroatoms. The summed E-state index contributed by atoms with van der Waals surface area (Å²) in [5, 5.41) is 2.49. The molecule has 8 nitrogen and oxygen atoms in total. The van der Waals surface area contributed by atoms with E-state index in [0.29, 0.717) is 12.2 Å². The summed E-state index contributed by atoms with van der Waals surface area (Å²) in [6.07, 6.45) is 2.39. The lowest BCUT2D eigenvalue weighted by Crippen LogP contribution is -2.56. The summed E-state index contributed by atoms with van der Waals surface area (Å²) in [6.45, 7) is 2.89. The van der Waals surface area contributed by atoms with E-state index in [1.807, 2.05) is 13.2 Å². The van der Waals surface area contributed by atoms with Crippen molar-refractivity contribution >= 4 is 33.7 Å². The highest BCUT2D eigenvalue weighted by Gasteiger charge is 2.32. The molecule has 0 spiro atoms. The van der Waals surface area contributed by atoms with E-state index < -0.39 is 22.1 Å². The Morgan fingerprint density at radius 1 is 1.19 bits per heavy atom. The second-order valence-corrected chi connectivity index (χ2v) is 9.31. The summed E-state index contributed by atoms with van der Waals surface area (Å²) in [5.74, 6) is 0.480. The monoisotopic (exact) mass is 414 g/mol. The van der Waals surface area contributed by atoms with Crippen LogP contribution in [0, 0.1) is 6.92 Å². The van der Waals surface area contributed by atoms with E-state index in [-0.39, 0.29) is 37.0 Å². The summed E-state index contributed by atoms with van der Waals surface area (Å²) in [4.78, 5) is 25.7. The van der Waals surface area contributed by atoms with Crippen LogP contribution in [0.3, 0.4) is 0 Å². The van der Waals surface area contributed by atoms with Gasteiger partial charge in [-0.1, -0.05) is 17.7 Å². The number of nitrogens with zero attached hydrogens (tertiary/aromatic N) is 2. The number of nitrogens with one attached hydrogen (secondary N) is 1. The van der Waals surface area contributed by atoms with Crippen molar-refractivity contribution in [1.82, 2.24) is 14.5 Å². The Morgan fingerprint density at radius 3 is 2.30 bits per heavy atom. The van der Waals surface area contributed by atoms with Gasteiger partial charge >= 0.3 is 6.03 Å². The SMILES string of the molecule is CSCC[C@@H](NC(N)=O)C(=O)N1CCN(S(=O)(=O)c2ccc(C)cc2)CC1. The molecule has 150 valence electrons. The average molecular weight is 415 g/mol. The van der Waals surface area contributed by atoms with Crippen LogP contribution in [-0.2, 0) is 14.8 Å². The van der Waals surface area contributed by atoms with Crippen LogP contribution in [0.15, 0.2) is 29.2 Å². The van der Waals surface area contributed by atoms with Gasteiger partial charge in [0, 0.05) is 26.2 Å². The topological polar surface area (TPSA) is 113 Å². The van der Waals surface area contributed by atoms with E-state index in [4.69, 9.17) is 5.73 Å². The molecule has 3 N–H and O–H groups in total. The second-order valence-electron chi connectivity index (χ2n) is 6.39. The lowest BCUT2D eigenvalue weighted by molar-refractivity contribution is -0.134. The number of hydrogen-bond donors (Lipinski definition) is 2. The molecule has 1 heterocycles. The smallest absolute Gasteiger partial charge is 0.312 e. The third-order valence-corrected chi connectivity index (χ3v) is 6.99. The highest BCUT2D eigenvalue weighted by Crippen LogP contribution is 2.18. The predicted molar refractivity (Wildman–Crippen MR) is 106 cm³/mol. The Kier molecular flexibility index (Phi) is 7.51. The molecule has 1 saturated heterocycles. The maximum Gasteiger partial charge on any atom is 0.312 e. The number of piperazine rings is 1. The van der Waals surface area contributed by atoms with Gasteiger partial charge in [-0.3, -0.25) is 4.79 Å². The average Bonchev–Trinajstić information content (AvgIpc) is 2.64. The second kappa shape index (κ2) is 9.43. The lowest BCUT2D eigenvalue weighted by Gasteiger charge is -2.35. The Hall–Kier alpha value is -1.78. The normalized spacial score (nSPS) is 16.7. The van der Waals surface area contributed by atoms with Crippen LogP contribution in [-0.4, -0.2) is 73.8 Å². The first-order valence-electron chi connectivity index (χ1n) is 8.66. The van der Waals surface area contributed by atoms with Crippen molar-refractivity contribution in [3.63, 3.8) is 0 Å². The van der Waals surface area contributed by atoms with Crippen molar-refractivity contribution in [3.05, 3.63) is 29.8 Å². The summed E-state index contributed by atoms with van der Waals surface area (Å²) < 4.78 is 26.9. The van der Waals surface area contributed by atoms with Gasteiger partial charge in [0.2, 0.25) is 15.9 Å². The molecule has 0 bridgehead atoms. The third-order valence-electron chi connectivity index (χ3n) is 4.43. The zero-order valence-corrected chi connectivity index (χ0v) is 17.2. The molecule has 1 aromatic carbocycles. The fourth-order valence-electron chi connectivity index (χ4n) is 2.89. The zero-order valence-electron chi connectivity index (χ0n) is 15.6. The summed E-state index contributed by atoms with van der Waals surface area (Å²) in [6, 6.07) is 5.29. The highest BCUT2D eigenvalue weighted by molar-refractivity contribution is 7.98. The van der Waals surface area contributed by atoms with Crippen molar-refractivity contribution in [1.29, 1.82) is 0 Å². The standard InChI is InChI=1S/C17H26N4O4S2/c1-13-3-5-14(6-4-13)27(24,25)21-10-8-20(9-11-21)16(22)15(7-12-26-2)19-17(18)23/h3-6,15H,7-12H2,1-2H3,(H3,18,19,23)/t15-/m1/s1. The van der Waals surface area contributed by atoms with E-state index in [9.17, 15) is 18.0 Å². The van der Waals surface area contributed by atoms with Gasteiger partial charge in [-0.05, 0) is 37.5 Å². The van der Waals surface area contributed by atoms with Gasteiger partial charge in [0.05, 0.1) is 4.90 Å². The minimum Gasteiger partial charge on any atom is -0.352 e. The molecular formula is C17H26N4O4S2.